The fraction of sp³-hybridized carbons (Fsp3) is 0.227. The molecule has 0 unspecified atom stereocenters. The third kappa shape index (κ3) is 3.43. The van der Waals surface area contributed by atoms with Crippen molar-refractivity contribution in [1.82, 2.24) is 9.55 Å². The van der Waals surface area contributed by atoms with Gasteiger partial charge >= 0.3 is 0 Å². The van der Waals surface area contributed by atoms with Crippen LogP contribution in [0.1, 0.15) is 29.9 Å². The summed E-state index contributed by atoms with van der Waals surface area (Å²) in [6.45, 7) is 7.31. The Bertz CT molecular complexity index is 1250. The molecule has 1 amide bonds. The third-order valence-electron chi connectivity index (χ3n) is 4.56. The molecule has 0 atom stereocenters. The number of aromatic nitrogens is 2. The number of thiazole rings is 1. The van der Waals surface area contributed by atoms with E-state index in [9.17, 15) is 4.79 Å². The summed E-state index contributed by atoms with van der Waals surface area (Å²) in [6.07, 6.45) is 0. The fourth-order valence-electron chi connectivity index (χ4n) is 3.20. The Kier molecular flexibility index (Phi) is 4.96. The zero-order chi connectivity index (χ0) is 19.7. The van der Waals surface area contributed by atoms with Crippen LogP contribution in [0, 0.1) is 6.92 Å². The van der Waals surface area contributed by atoms with Crippen LogP contribution in [0.25, 0.3) is 21.1 Å². The molecule has 2 aromatic carbocycles. The molecule has 4 rings (SSSR count). The first kappa shape index (κ1) is 18.4. The lowest BCUT2D eigenvalue weighted by atomic mass is 10.1. The largest absolute Gasteiger partial charge is 0.494 e. The summed E-state index contributed by atoms with van der Waals surface area (Å²) in [6, 6.07) is 15.5. The molecule has 0 bridgehead atoms. The van der Waals surface area contributed by atoms with E-state index in [2.05, 4.69) is 21.5 Å². The molecule has 0 saturated heterocycles. The maximum Gasteiger partial charge on any atom is 0.279 e. The summed E-state index contributed by atoms with van der Waals surface area (Å²) in [4.78, 5) is 22.4. The van der Waals surface area contributed by atoms with E-state index in [1.54, 1.807) is 0 Å². The number of ether oxygens (including phenoxy) is 1. The summed E-state index contributed by atoms with van der Waals surface area (Å²) in [7, 11) is 0. The Morgan fingerprint density at radius 2 is 1.96 bits per heavy atom. The quantitative estimate of drug-likeness (QED) is 0.506. The number of amides is 1. The maximum atomic E-state index is 12.8. The van der Waals surface area contributed by atoms with Gasteiger partial charge < -0.3 is 9.30 Å². The summed E-state index contributed by atoms with van der Waals surface area (Å²) < 4.78 is 8.69. The molecule has 5 nitrogen and oxygen atoms in total. The molecule has 6 heteroatoms. The first-order valence-corrected chi connectivity index (χ1v) is 10.1. The van der Waals surface area contributed by atoms with Gasteiger partial charge in [0.25, 0.3) is 5.91 Å². The molecule has 0 saturated carbocycles. The topological polar surface area (TPSA) is 56.5 Å². The van der Waals surface area contributed by atoms with Crippen molar-refractivity contribution < 1.29 is 9.53 Å². The first-order chi connectivity index (χ1) is 13.6. The predicted molar refractivity (Wildman–Crippen MR) is 113 cm³/mol. The van der Waals surface area contributed by atoms with Crippen LogP contribution in [0.5, 0.6) is 5.75 Å². The minimum absolute atomic E-state index is 0.260. The zero-order valence-electron chi connectivity index (χ0n) is 16.1. The van der Waals surface area contributed by atoms with Gasteiger partial charge in [0.2, 0.25) is 0 Å². The Morgan fingerprint density at radius 1 is 1.14 bits per heavy atom. The van der Waals surface area contributed by atoms with E-state index in [1.807, 2.05) is 62.4 Å². The highest BCUT2D eigenvalue weighted by atomic mass is 32.1. The monoisotopic (exact) mass is 391 g/mol. The van der Waals surface area contributed by atoms with Crippen molar-refractivity contribution in [1.29, 1.82) is 0 Å². The number of carbonyl (C=O) groups excluding carboxylic acids is 1. The van der Waals surface area contributed by atoms with E-state index in [0.717, 1.165) is 39.1 Å². The molecular weight excluding hydrogens is 370 g/mol. The smallest absolute Gasteiger partial charge is 0.279 e. The molecule has 0 spiro atoms. The zero-order valence-corrected chi connectivity index (χ0v) is 16.9. The molecule has 0 radical (unpaired) electrons. The molecule has 0 fully saturated rings. The lowest BCUT2D eigenvalue weighted by molar-refractivity contribution is 0.0998. The Hall–Kier alpha value is -2.99. The lowest BCUT2D eigenvalue weighted by Gasteiger charge is -2.04. The van der Waals surface area contributed by atoms with E-state index in [0.29, 0.717) is 17.0 Å². The molecule has 0 N–H and O–H groups in total. The molecule has 142 valence electrons. The van der Waals surface area contributed by atoms with Gasteiger partial charge in [-0.2, -0.15) is 4.99 Å². The number of benzene rings is 2. The van der Waals surface area contributed by atoms with Crippen molar-refractivity contribution in [2.45, 2.75) is 27.3 Å². The van der Waals surface area contributed by atoms with Gasteiger partial charge in [-0.15, -0.1) is 0 Å². The van der Waals surface area contributed by atoms with Gasteiger partial charge in [-0.05, 0) is 57.2 Å². The SMILES string of the molecule is CCOc1ccc2c(c1)sc(=NC(=O)c1ccc3ccc(C)nc3c1)n2CC. The van der Waals surface area contributed by atoms with Crippen LogP contribution in [-0.2, 0) is 6.54 Å². The van der Waals surface area contributed by atoms with Crippen molar-refractivity contribution in [2.24, 2.45) is 4.99 Å². The number of pyridine rings is 1. The van der Waals surface area contributed by atoms with E-state index < -0.39 is 0 Å². The predicted octanol–water partition coefficient (Wildman–Crippen LogP) is 4.72. The second-order valence-corrected chi connectivity index (χ2v) is 7.48. The second kappa shape index (κ2) is 7.56. The highest BCUT2D eigenvalue weighted by Crippen LogP contribution is 2.23. The van der Waals surface area contributed by atoms with Crippen LogP contribution < -0.4 is 9.54 Å². The minimum atomic E-state index is -0.260. The van der Waals surface area contributed by atoms with Crippen LogP contribution in [0.4, 0.5) is 0 Å². The van der Waals surface area contributed by atoms with Crippen molar-refractivity contribution in [2.75, 3.05) is 6.61 Å². The molecule has 2 heterocycles. The van der Waals surface area contributed by atoms with Crippen molar-refractivity contribution >= 4 is 38.4 Å². The molecule has 4 aromatic rings. The normalized spacial score (nSPS) is 12.0. The van der Waals surface area contributed by atoms with Gasteiger partial charge in [0.15, 0.2) is 4.80 Å². The van der Waals surface area contributed by atoms with Crippen LogP contribution in [-0.4, -0.2) is 22.1 Å². The summed E-state index contributed by atoms with van der Waals surface area (Å²) in [5.74, 6) is 0.567. The Morgan fingerprint density at radius 3 is 2.75 bits per heavy atom. The van der Waals surface area contributed by atoms with Crippen molar-refractivity contribution in [3.8, 4) is 5.75 Å². The van der Waals surface area contributed by atoms with Gasteiger partial charge in [0, 0.05) is 23.2 Å². The fourth-order valence-corrected chi connectivity index (χ4v) is 4.33. The molecular formula is C22H21N3O2S. The van der Waals surface area contributed by atoms with Crippen LogP contribution in [0.2, 0.25) is 0 Å². The minimum Gasteiger partial charge on any atom is -0.494 e. The van der Waals surface area contributed by atoms with E-state index in [-0.39, 0.29) is 5.91 Å². The average Bonchev–Trinajstić information content (AvgIpc) is 3.03. The number of carbonyl (C=O) groups is 1. The number of nitrogens with zero attached hydrogens (tertiary/aromatic N) is 3. The number of aryl methyl sites for hydroxylation is 2. The highest BCUT2D eigenvalue weighted by molar-refractivity contribution is 7.16. The standard InChI is InChI=1S/C22H21N3O2S/c1-4-25-19-11-10-17(27-5-2)13-20(19)28-22(25)24-21(26)16-9-8-15-7-6-14(3)23-18(15)12-16/h6-13H,4-5H2,1-3H3. The van der Waals surface area contributed by atoms with E-state index in [1.165, 1.54) is 11.3 Å². The maximum absolute atomic E-state index is 12.8. The van der Waals surface area contributed by atoms with Gasteiger partial charge in [0.05, 0.1) is 22.3 Å². The number of rotatable bonds is 4. The third-order valence-corrected chi connectivity index (χ3v) is 5.60. The van der Waals surface area contributed by atoms with Crippen LogP contribution >= 0.6 is 11.3 Å². The number of hydrogen-bond acceptors (Lipinski definition) is 4. The Labute approximate surface area is 167 Å². The average molecular weight is 391 g/mol. The lowest BCUT2D eigenvalue weighted by Crippen LogP contribution is -2.15. The molecule has 2 aromatic heterocycles. The van der Waals surface area contributed by atoms with Crippen molar-refractivity contribution in [3.05, 3.63) is 64.6 Å². The van der Waals surface area contributed by atoms with Gasteiger partial charge in [-0.25, -0.2) is 0 Å². The molecule has 0 aliphatic carbocycles. The van der Waals surface area contributed by atoms with Crippen molar-refractivity contribution in [3.63, 3.8) is 0 Å². The summed E-state index contributed by atoms with van der Waals surface area (Å²) in [5, 5.41) is 1.01. The summed E-state index contributed by atoms with van der Waals surface area (Å²) in [5.41, 5.74) is 3.33. The molecule has 0 aliphatic rings. The summed E-state index contributed by atoms with van der Waals surface area (Å²) >= 11 is 1.50. The highest BCUT2D eigenvalue weighted by Gasteiger charge is 2.10. The van der Waals surface area contributed by atoms with E-state index in [4.69, 9.17) is 4.74 Å². The molecule has 28 heavy (non-hydrogen) atoms. The van der Waals surface area contributed by atoms with Gasteiger partial charge in [0.1, 0.15) is 5.75 Å². The first-order valence-electron chi connectivity index (χ1n) is 9.31. The number of fused-ring (bicyclic) bond motifs is 2. The second-order valence-electron chi connectivity index (χ2n) is 6.47. The van der Waals surface area contributed by atoms with Gasteiger partial charge in [-0.3, -0.25) is 9.78 Å². The molecule has 0 aliphatic heterocycles. The van der Waals surface area contributed by atoms with Crippen LogP contribution in [0.3, 0.4) is 0 Å². The number of hydrogen-bond donors (Lipinski definition) is 0. The van der Waals surface area contributed by atoms with E-state index >= 15 is 0 Å². The Balaban J connectivity index is 1.79. The van der Waals surface area contributed by atoms with Gasteiger partial charge in [-0.1, -0.05) is 23.5 Å². The van der Waals surface area contributed by atoms with Crippen LogP contribution in [0.15, 0.2) is 53.5 Å².